The van der Waals surface area contributed by atoms with Gasteiger partial charge in [-0.05, 0) is 6.42 Å². The summed E-state index contributed by atoms with van der Waals surface area (Å²) < 4.78 is 0.496. The first-order valence-electron chi connectivity index (χ1n) is 5.39. The lowest BCUT2D eigenvalue weighted by atomic mass is 10.2. The number of carboxylic acid groups (broad SMARTS) is 1. The van der Waals surface area contributed by atoms with Crippen LogP contribution in [0.3, 0.4) is 0 Å². The molecule has 0 amide bonds. The van der Waals surface area contributed by atoms with Gasteiger partial charge in [-0.3, -0.25) is 4.79 Å². The van der Waals surface area contributed by atoms with Crippen molar-refractivity contribution < 1.29 is 24.6 Å². The molecule has 5 nitrogen and oxygen atoms in total. The summed E-state index contributed by atoms with van der Waals surface area (Å²) >= 11 is 0. The van der Waals surface area contributed by atoms with Gasteiger partial charge in [0.2, 0.25) is 0 Å². The molecule has 3 N–H and O–H groups in total. The van der Waals surface area contributed by atoms with Gasteiger partial charge in [-0.2, -0.15) is 0 Å². The maximum atomic E-state index is 10.5. The van der Waals surface area contributed by atoms with Crippen LogP contribution in [0.25, 0.3) is 0 Å². The molecule has 5 heteroatoms. The summed E-state index contributed by atoms with van der Waals surface area (Å²) in [5.74, 6) is -0.829. The molecule has 0 heterocycles. The number of hydrogen-bond donors (Lipinski definition) is 3. The quantitative estimate of drug-likeness (QED) is 0.465. The Morgan fingerprint density at radius 2 is 1.60 bits per heavy atom. The molecule has 0 radical (unpaired) electrons. The fourth-order valence-electron chi connectivity index (χ4n) is 1.90. The third kappa shape index (κ3) is 5.71. The van der Waals surface area contributed by atoms with Gasteiger partial charge in [0, 0.05) is 0 Å². The highest BCUT2D eigenvalue weighted by Gasteiger charge is 2.26. The Morgan fingerprint density at radius 3 is 1.93 bits per heavy atom. The summed E-state index contributed by atoms with van der Waals surface area (Å²) in [6, 6.07) is 0. The molecular formula is C10H22NO4+. The van der Waals surface area contributed by atoms with E-state index >= 15 is 0 Å². The molecular weight excluding hydrogens is 198 g/mol. The number of nitrogens with zero attached hydrogens (tertiary/aromatic N) is 1. The molecule has 0 saturated heterocycles. The van der Waals surface area contributed by atoms with Crippen molar-refractivity contribution in [3.8, 4) is 0 Å². The van der Waals surface area contributed by atoms with Crippen LogP contribution in [0, 0.1) is 0 Å². The Bertz CT molecular complexity index is 167. The Kier molecular flexibility index (Phi) is 7.29. The second-order valence-corrected chi connectivity index (χ2v) is 3.83. The van der Waals surface area contributed by atoms with E-state index in [2.05, 4.69) is 0 Å². The van der Waals surface area contributed by atoms with Gasteiger partial charge in [0.05, 0.1) is 32.7 Å². The molecule has 0 spiro atoms. The Labute approximate surface area is 90.5 Å². The van der Waals surface area contributed by atoms with Crippen molar-refractivity contribution in [3.63, 3.8) is 0 Å². The molecule has 0 bridgehead atoms. The molecule has 0 aromatic carbocycles. The van der Waals surface area contributed by atoms with Crippen LogP contribution in [0.4, 0.5) is 0 Å². The number of quaternary nitrogens is 1. The standard InChI is InChI=1S/C10H21NO4/c1-2-4-11(6-8-12,7-9-13)5-3-10(14)15/h12-13H,2-9H2,1H3/p+1. The first kappa shape index (κ1) is 14.3. The van der Waals surface area contributed by atoms with E-state index in [4.69, 9.17) is 15.3 Å². The lowest BCUT2D eigenvalue weighted by Gasteiger charge is -2.37. The van der Waals surface area contributed by atoms with Crippen LogP contribution in [0.2, 0.25) is 0 Å². The van der Waals surface area contributed by atoms with Crippen LogP contribution in [0.1, 0.15) is 19.8 Å². The van der Waals surface area contributed by atoms with Gasteiger partial charge in [-0.15, -0.1) is 0 Å². The van der Waals surface area contributed by atoms with E-state index in [1.807, 2.05) is 6.92 Å². The van der Waals surface area contributed by atoms with E-state index in [-0.39, 0.29) is 19.6 Å². The fraction of sp³-hybridized carbons (Fsp3) is 0.900. The maximum absolute atomic E-state index is 10.5. The molecule has 90 valence electrons. The summed E-state index contributed by atoms with van der Waals surface area (Å²) in [4.78, 5) is 10.5. The zero-order valence-electron chi connectivity index (χ0n) is 9.35. The number of carbonyl (C=O) groups is 1. The summed E-state index contributed by atoms with van der Waals surface area (Å²) in [7, 11) is 0. The Hall–Kier alpha value is -0.650. The Morgan fingerprint density at radius 1 is 1.07 bits per heavy atom. The molecule has 15 heavy (non-hydrogen) atoms. The summed E-state index contributed by atoms with van der Waals surface area (Å²) in [5.41, 5.74) is 0. The minimum atomic E-state index is -0.829. The minimum absolute atomic E-state index is 0.0274. The van der Waals surface area contributed by atoms with E-state index in [9.17, 15) is 4.79 Å². The van der Waals surface area contributed by atoms with Crippen LogP contribution in [0.5, 0.6) is 0 Å². The third-order valence-electron chi connectivity index (χ3n) is 2.65. The van der Waals surface area contributed by atoms with Gasteiger partial charge in [0.25, 0.3) is 0 Å². The first-order chi connectivity index (χ1) is 7.10. The highest BCUT2D eigenvalue weighted by atomic mass is 16.4. The average molecular weight is 220 g/mol. The van der Waals surface area contributed by atoms with E-state index in [1.54, 1.807) is 0 Å². The monoisotopic (exact) mass is 220 g/mol. The lowest BCUT2D eigenvalue weighted by Crippen LogP contribution is -2.53. The first-order valence-corrected chi connectivity index (χ1v) is 5.39. The van der Waals surface area contributed by atoms with Gasteiger partial charge in [-0.25, -0.2) is 0 Å². The predicted molar refractivity (Wildman–Crippen MR) is 56.4 cm³/mol. The van der Waals surface area contributed by atoms with Gasteiger partial charge < -0.3 is 19.8 Å². The molecule has 0 atom stereocenters. The molecule has 0 aliphatic carbocycles. The minimum Gasteiger partial charge on any atom is -0.481 e. The smallest absolute Gasteiger partial charge is 0.309 e. The number of rotatable bonds is 9. The summed E-state index contributed by atoms with van der Waals surface area (Å²) in [6.07, 6.45) is 1.000. The lowest BCUT2D eigenvalue weighted by molar-refractivity contribution is -0.928. The van der Waals surface area contributed by atoms with E-state index in [0.29, 0.717) is 24.1 Å². The molecule has 0 aliphatic heterocycles. The van der Waals surface area contributed by atoms with Crippen molar-refractivity contribution in [1.29, 1.82) is 0 Å². The average Bonchev–Trinajstić information content (AvgIpc) is 2.16. The third-order valence-corrected chi connectivity index (χ3v) is 2.65. The number of carboxylic acids is 1. The maximum Gasteiger partial charge on any atom is 0.309 e. The van der Waals surface area contributed by atoms with Crippen molar-refractivity contribution in [2.75, 3.05) is 39.4 Å². The van der Waals surface area contributed by atoms with Crippen LogP contribution in [-0.2, 0) is 4.79 Å². The van der Waals surface area contributed by atoms with Crippen LogP contribution in [0.15, 0.2) is 0 Å². The highest BCUT2D eigenvalue weighted by molar-refractivity contribution is 5.66. The van der Waals surface area contributed by atoms with E-state index in [1.165, 1.54) is 0 Å². The zero-order chi connectivity index (χ0) is 11.7. The van der Waals surface area contributed by atoms with Crippen LogP contribution in [-0.4, -0.2) is 65.2 Å². The van der Waals surface area contributed by atoms with Crippen LogP contribution >= 0.6 is 0 Å². The molecule has 0 unspecified atom stereocenters. The van der Waals surface area contributed by atoms with Gasteiger partial charge in [0.1, 0.15) is 13.1 Å². The molecule has 0 aliphatic rings. The predicted octanol–water partition coefficient (Wildman–Crippen LogP) is -0.327. The highest BCUT2D eigenvalue weighted by Crippen LogP contribution is 2.09. The van der Waals surface area contributed by atoms with Crippen LogP contribution < -0.4 is 0 Å². The molecule has 0 aromatic heterocycles. The van der Waals surface area contributed by atoms with E-state index in [0.717, 1.165) is 13.0 Å². The second kappa shape index (κ2) is 7.62. The normalized spacial score (nSPS) is 11.7. The van der Waals surface area contributed by atoms with Crippen molar-refractivity contribution in [2.24, 2.45) is 0 Å². The molecule has 0 fully saturated rings. The Balaban J connectivity index is 4.37. The largest absolute Gasteiger partial charge is 0.481 e. The number of aliphatic hydroxyl groups is 2. The molecule has 0 aromatic rings. The van der Waals surface area contributed by atoms with Gasteiger partial charge in [-0.1, -0.05) is 6.92 Å². The SMILES string of the molecule is CCC[N+](CCO)(CCO)CCC(=O)O. The second-order valence-electron chi connectivity index (χ2n) is 3.83. The van der Waals surface area contributed by atoms with E-state index < -0.39 is 5.97 Å². The van der Waals surface area contributed by atoms with Gasteiger partial charge in [0.15, 0.2) is 0 Å². The van der Waals surface area contributed by atoms with Crippen molar-refractivity contribution in [2.45, 2.75) is 19.8 Å². The summed E-state index contributed by atoms with van der Waals surface area (Å²) in [6.45, 7) is 4.38. The van der Waals surface area contributed by atoms with Gasteiger partial charge >= 0.3 is 5.97 Å². The molecule has 0 saturated carbocycles. The zero-order valence-corrected chi connectivity index (χ0v) is 9.35. The number of hydrogen-bond acceptors (Lipinski definition) is 3. The summed E-state index contributed by atoms with van der Waals surface area (Å²) in [5, 5.41) is 26.6. The van der Waals surface area contributed by atoms with Crippen molar-refractivity contribution in [3.05, 3.63) is 0 Å². The topological polar surface area (TPSA) is 77.8 Å². The van der Waals surface area contributed by atoms with Crippen molar-refractivity contribution >= 4 is 5.97 Å². The molecule has 0 rings (SSSR count). The number of aliphatic carboxylic acids is 1. The van der Waals surface area contributed by atoms with Crippen molar-refractivity contribution in [1.82, 2.24) is 0 Å². The number of aliphatic hydroxyl groups excluding tert-OH is 2. The fourth-order valence-corrected chi connectivity index (χ4v) is 1.90.